The lowest BCUT2D eigenvalue weighted by molar-refractivity contribution is -0.146. The topological polar surface area (TPSA) is 166 Å². The van der Waals surface area contributed by atoms with E-state index in [2.05, 4.69) is 10.6 Å². The van der Waals surface area contributed by atoms with Crippen LogP contribution in [0.3, 0.4) is 0 Å². The molecule has 0 spiro atoms. The van der Waals surface area contributed by atoms with Crippen LogP contribution >= 0.6 is 24.8 Å². The molecular formula is C28H37Cl2N7O4. The number of fused-ring (bicyclic) bond motifs is 1. The molecule has 2 amide bonds. The number of rotatable bonds is 10. The molecule has 2 atom stereocenters. The summed E-state index contributed by atoms with van der Waals surface area (Å²) in [5.74, 6) is -2.37. The largest absolute Gasteiger partial charge is 0.481 e. The summed E-state index contributed by atoms with van der Waals surface area (Å²) in [7, 11) is 1.92. The Hall–Kier alpha value is -3.83. The Balaban J connectivity index is 0.00000294. The molecular weight excluding hydrogens is 569 g/mol. The van der Waals surface area contributed by atoms with E-state index in [-0.39, 0.29) is 43.1 Å². The quantitative estimate of drug-likeness (QED) is 0.134. The van der Waals surface area contributed by atoms with Crippen LogP contribution < -0.4 is 16.4 Å². The summed E-state index contributed by atoms with van der Waals surface area (Å²) in [4.78, 5) is 44.1. The molecule has 0 bridgehead atoms. The van der Waals surface area contributed by atoms with Crippen molar-refractivity contribution >= 4 is 65.2 Å². The maximum Gasteiger partial charge on any atom is 0.315 e. The Morgan fingerprint density at radius 3 is 2.34 bits per heavy atom. The van der Waals surface area contributed by atoms with Crippen LogP contribution in [0.4, 0.5) is 5.69 Å². The third-order valence-electron chi connectivity index (χ3n) is 7.50. The summed E-state index contributed by atoms with van der Waals surface area (Å²) < 4.78 is 1.98. The second kappa shape index (κ2) is 13.7. The van der Waals surface area contributed by atoms with Crippen molar-refractivity contribution in [1.29, 1.82) is 5.41 Å². The van der Waals surface area contributed by atoms with Crippen molar-refractivity contribution in [3.63, 3.8) is 0 Å². The number of hydrogen-bond acceptors (Lipinski definition) is 6. The van der Waals surface area contributed by atoms with E-state index >= 15 is 0 Å². The molecule has 1 aromatic heterocycles. The van der Waals surface area contributed by atoms with Crippen LogP contribution in [-0.2, 0) is 33.4 Å². The predicted octanol–water partition coefficient (Wildman–Crippen LogP) is 3.03. The molecule has 1 aliphatic rings. The van der Waals surface area contributed by atoms with Gasteiger partial charge in [0.15, 0.2) is 0 Å². The minimum atomic E-state index is -1.22. The summed E-state index contributed by atoms with van der Waals surface area (Å²) in [5.41, 5.74) is 8.25. The first-order valence-electron chi connectivity index (χ1n) is 13.0. The summed E-state index contributed by atoms with van der Waals surface area (Å²) >= 11 is 0. The number of hydrogen-bond donors (Lipinski definition) is 5. The Labute approximate surface area is 251 Å². The third-order valence-corrected chi connectivity index (χ3v) is 7.50. The fourth-order valence-electron chi connectivity index (χ4n) is 4.80. The first-order valence-corrected chi connectivity index (χ1v) is 13.0. The highest BCUT2D eigenvalue weighted by atomic mass is 35.5. The smallest absolute Gasteiger partial charge is 0.315 e. The minimum absolute atomic E-state index is 0. The van der Waals surface area contributed by atoms with Gasteiger partial charge in [0.2, 0.25) is 11.8 Å². The number of benzene rings is 2. The molecule has 0 aliphatic carbocycles. The number of aromatic nitrogens is 2. The number of carbonyl (C=O) groups is 3. The number of nitrogen functional groups attached to an aromatic ring is 1. The molecule has 41 heavy (non-hydrogen) atoms. The van der Waals surface area contributed by atoms with Crippen molar-refractivity contribution in [2.45, 2.75) is 38.6 Å². The number of carbonyl (C=O) groups excluding carboxylic acids is 2. The standard InChI is InChI=1S/C28H35N7O4.2ClH/c1-17(26(37)38)25(36)32-16-28(2,27(39)35-12-4-5-13-35)19-8-11-22-21(14-19)33-23(34(22)3)15-31-20-9-6-18(7-10-20)24(29)30;;/h6-11,14,17,31H,4-5,12-13,15-16H2,1-3H3,(H3,29,30)(H,32,36)(H,37,38);2*1H. The molecule has 2 unspecified atom stereocenters. The van der Waals surface area contributed by atoms with Gasteiger partial charge in [-0.3, -0.25) is 19.8 Å². The van der Waals surface area contributed by atoms with Crippen molar-refractivity contribution < 1.29 is 19.5 Å². The predicted molar refractivity (Wildman–Crippen MR) is 163 cm³/mol. The molecule has 6 N–H and O–H groups in total. The second-order valence-electron chi connectivity index (χ2n) is 10.2. The number of anilines is 1. The number of carboxylic acids is 1. The molecule has 1 fully saturated rings. The van der Waals surface area contributed by atoms with Gasteiger partial charge in [-0.05, 0) is 68.7 Å². The fraction of sp³-hybridized carbons (Fsp3) is 0.393. The molecule has 2 heterocycles. The highest BCUT2D eigenvalue weighted by Gasteiger charge is 2.40. The SMILES string of the molecule is CC(C(=O)O)C(=O)NCC(C)(C(=O)N1CCCC1)c1ccc2c(c1)nc(CNc1ccc(C(=N)N)cc1)n2C.Cl.Cl. The Morgan fingerprint density at radius 1 is 1.12 bits per heavy atom. The van der Waals surface area contributed by atoms with Gasteiger partial charge in [-0.2, -0.15) is 0 Å². The monoisotopic (exact) mass is 605 g/mol. The number of imidazole rings is 1. The highest BCUT2D eigenvalue weighted by Crippen LogP contribution is 2.31. The molecule has 11 nitrogen and oxygen atoms in total. The van der Waals surface area contributed by atoms with E-state index in [1.165, 1.54) is 6.92 Å². The van der Waals surface area contributed by atoms with Crippen LogP contribution in [0, 0.1) is 11.3 Å². The van der Waals surface area contributed by atoms with Crippen LogP contribution in [0.2, 0.25) is 0 Å². The van der Waals surface area contributed by atoms with E-state index in [0.717, 1.165) is 29.9 Å². The van der Waals surface area contributed by atoms with E-state index < -0.39 is 23.2 Å². The third kappa shape index (κ3) is 7.09. The van der Waals surface area contributed by atoms with Crippen molar-refractivity contribution in [3.8, 4) is 0 Å². The number of amides is 2. The molecule has 4 rings (SSSR count). The van der Waals surface area contributed by atoms with Gasteiger partial charge < -0.3 is 30.9 Å². The molecule has 2 aromatic carbocycles. The van der Waals surface area contributed by atoms with E-state index in [0.29, 0.717) is 36.3 Å². The maximum atomic E-state index is 13.7. The van der Waals surface area contributed by atoms with E-state index in [1.54, 1.807) is 19.1 Å². The van der Waals surface area contributed by atoms with Crippen LogP contribution in [0.25, 0.3) is 11.0 Å². The summed E-state index contributed by atoms with van der Waals surface area (Å²) in [6, 6.07) is 12.9. The Morgan fingerprint density at radius 2 is 1.76 bits per heavy atom. The van der Waals surface area contributed by atoms with Crippen LogP contribution in [-0.4, -0.2) is 62.8 Å². The fourth-order valence-corrected chi connectivity index (χ4v) is 4.80. The van der Waals surface area contributed by atoms with Gasteiger partial charge in [0, 0.05) is 37.9 Å². The van der Waals surface area contributed by atoms with Crippen LogP contribution in [0.1, 0.15) is 43.6 Å². The molecule has 0 saturated carbocycles. The van der Waals surface area contributed by atoms with Gasteiger partial charge in [0.25, 0.3) is 0 Å². The zero-order valence-electron chi connectivity index (χ0n) is 23.3. The van der Waals surface area contributed by atoms with Crippen molar-refractivity contribution in [3.05, 3.63) is 59.4 Å². The second-order valence-corrected chi connectivity index (χ2v) is 10.2. The van der Waals surface area contributed by atoms with E-state index in [9.17, 15) is 19.5 Å². The van der Waals surface area contributed by atoms with Gasteiger partial charge in [0.1, 0.15) is 17.6 Å². The molecule has 1 saturated heterocycles. The zero-order valence-corrected chi connectivity index (χ0v) is 24.9. The van der Waals surface area contributed by atoms with Crippen molar-refractivity contribution in [1.82, 2.24) is 19.8 Å². The number of carboxylic acid groups (broad SMARTS) is 1. The number of nitrogens with zero attached hydrogens (tertiary/aromatic N) is 3. The zero-order chi connectivity index (χ0) is 28.3. The van der Waals surface area contributed by atoms with Gasteiger partial charge in [0.05, 0.1) is 23.0 Å². The number of likely N-dealkylation sites (tertiary alicyclic amines) is 1. The minimum Gasteiger partial charge on any atom is -0.481 e. The average molecular weight is 607 g/mol. The molecule has 3 aromatic rings. The number of aliphatic carboxylic acids is 1. The summed E-state index contributed by atoms with van der Waals surface area (Å²) in [6.07, 6.45) is 1.86. The first kappa shape index (κ1) is 33.4. The number of halogens is 2. The summed E-state index contributed by atoms with van der Waals surface area (Å²) in [5, 5.41) is 22.8. The normalized spacial score (nSPS) is 14.8. The van der Waals surface area contributed by atoms with E-state index in [4.69, 9.17) is 16.1 Å². The van der Waals surface area contributed by atoms with E-state index in [1.807, 2.05) is 46.8 Å². The average Bonchev–Trinajstić information content (AvgIpc) is 3.57. The summed E-state index contributed by atoms with van der Waals surface area (Å²) in [6.45, 7) is 4.85. The number of aryl methyl sites for hydroxylation is 1. The van der Waals surface area contributed by atoms with Gasteiger partial charge >= 0.3 is 5.97 Å². The maximum absolute atomic E-state index is 13.7. The lowest BCUT2D eigenvalue weighted by Gasteiger charge is -2.33. The van der Waals surface area contributed by atoms with Crippen molar-refractivity contribution in [2.24, 2.45) is 18.7 Å². The number of nitrogens with two attached hydrogens (primary N) is 1. The van der Waals surface area contributed by atoms with Gasteiger partial charge in [-0.25, -0.2) is 4.98 Å². The Bertz CT molecular complexity index is 1420. The van der Waals surface area contributed by atoms with Crippen molar-refractivity contribution in [2.75, 3.05) is 25.0 Å². The molecule has 13 heteroatoms. The molecule has 0 radical (unpaired) electrons. The lowest BCUT2D eigenvalue weighted by atomic mass is 9.80. The van der Waals surface area contributed by atoms with Gasteiger partial charge in [-0.15, -0.1) is 24.8 Å². The highest BCUT2D eigenvalue weighted by molar-refractivity contribution is 5.97. The van der Waals surface area contributed by atoms with Crippen LogP contribution in [0.15, 0.2) is 42.5 Å². The number of amidine groups is 1. The van der Waals surface area contributed by atoms with Gasteiger partial charge in [-0.1, -0.05) is 6.07 Å². The van der Waals surface area contributed by atoms with Crippen LogP contribution in [0.5, 0.6) is 0 Å². The lowest BCUT2D eigenvalue weighted by Crippen LogP contribution is -2.51. The molecule has 222 valence electrons. The Kier molecular flexibility index (Phi) is 11.1. The molecule has 1 aliphatic heterocycles. The first-order chi connectivity index (χ1) is 18.5. The number of nitrogens with one attached hydrogen (secondary N) is 3.